The largest absolute Gasteiger partial charge is 0.508 e. The Bertz CT molecular complexity index is 666. The summed E-state index contributed by atoms with van der Waals surface area (Å²) in [6.07, 6.45) is 3.94. The minimum absolute atomic E-state index is 0.0849. The minimum atomic E-state index is 0.0849. The highest BCUT2D eigenvalue weighted by atomic mass is 16.5. The Morgan fingerprint density at radius 2 is 1.80 bits per heavy atom. The van der Waals surface area contributed by atoms with E-state index in [1.807, 2.05) is 24.3 Å². The summed E-state index contributed by atoms with van der Waals surface area (Å²) in [5.74, 6) is 2.43. The van der Waals surface area contributed by atoms with Crippen LogP contribution in [0.3, 0.4) is 0 Å². The Balaban J connectivity index is 1.51. The quantitative estimate of drug-likeness (QED) is 0.828. The van der Waals surface area contributed by atoms with Crippen LogP contribution in [0.25, 0.3) is 0 Å². The summed E-state index contributed by atoms with van der Waals surface area (Å²) in [6.45, 7) is 4.03. The van der Waals surface area contributed by atoms with Gasteiger partial charge in [0.15, 0.2) is 11.5 Å². The van der Waals surface area contributed by atoms with E-state index in [0.717, 1.165) is 12.3 Å². The van der Waals surface area contributed by atoms with Crippen molar-refractivity contribution < 1.29 is 19.3 Å². The molecule has 1 aliphatic rings. The van der Waals surface area contributed by atoms with E-state index >= 15 is 0 Å². The highest BCUT2D eigenvalue weighted by Crippen LogP contribution is 2.34. The van der Waals surface area contributed by atoms with Crippen molar-refractivity contribution in [1.82, 2.24) is 4.90 Å². The van der Waals surface area contributed by atoms with Crippen molar-refractivity contribution in [2.75, 3.05) is 33.4 Å². The molecule has 1 radical (unpaired) electrons. The number of phenolic OH excluding ortho intramolecular Hbond substituents is 1. The number of methoxy groups -OCH3 is 1. The molecule has 0 saturated carbocycles. The van der Waals surface area contributed by atoms with Crippen molar-refractivity contribution in [3.8, 4) is 28.7 Å². The van der Waals surface area contributed by atoms with E-state index in [4.69, 9.17) is 14.2 Å². The molecule has 0 amide bonds. The first kappa shape index (κ1) is 17.4. The first-order valence-electron chi connectivity index (χ1n) is 8.66. The van der Waals surface area contributed by atoms with Crippen molar-refractivity contribution in [3.05, 3.63) is 42.5 Å². The number of likely N-dealkylation sites (tertiary alicyclic amines) is 1. The average molecular weight is 342 g/mol. The molecule has 2 aromatic carbocycles. The van der Waals surface area contributed by atoms with Gasteiger partial charge in [-0.3, -0.25) is 4.90 Å². The third kappa shape index (κ3) is 5.03. The van der Waals surface area contributed by atoms with Crippen molar-refractivity contribution in [2.45, 2.75) is 19.3 Å². The zero-order valence-corrected chi connectivity index (χ0v) is 14.5. The number of hydrogen-bond donors (Lipinski definition) is 1. The van der Waals surface area contributed by atoms with Gasteiger partial charge in [-0.05, 0) is 56.3 Å². The minimum Gasteiger partial charge on any atom is -0.508 e. The van der Waals surface area contributed by atoms with Crippen LogP contribution in [-0.4, -0.2) is 43.4 Å². The third-order valence-corrected chi connectivity index (χ3v) is 4.24. The van der Waals surface area contributed by atoms with Crippen molar-refractivity contribution in [1.29, 1.82) is 0 Å². The summed E-state index contributed by atoms with van der Waals surface area (Å²) in [4.78, 5) is 2.45. The zero-order valence-electron chi connectivity index (χ0n) is 14.5. The van der Waals surface area contributed by atoms with Gasteiger partial charge in [0.1, 0.15) is 23.9 Å². The predicted molar refractivity (Wildman–Crippen MR) is 95.8 cm³/mol. The lowest BCUT2D eigenvalue weighted by atomic mass is 10.1. The summed E-state index contributed by atoms with van der Waals surface area (Å²) in [6, 6.07) is 13.2. The summed E-state index contributed by atoms with van der Waals surface area (Å²) in [7, 11) is 1.52. The number of hydrogen-bond acceptors (Lipinski definition) is 5. The van der Waals surface area contributed by atoms with Gasteiger partial charge in [0.2, 0.25) is 0 Å². The van der Waals surface area contributed by atoms with E-state index in [-0.39, 0.29) is 5.75 Å². The lowest BCUT2D eigenvalue weighted by Crippen LogP contribution is -2.33. The first-order chi connectivity index (χ1) is 12.2. The van der Waals surface area contributed by atoms with Crippen LogP contribution in [0.15, 0.2) is 36.4 Å². The van der Waals surface area contributed by atoms with Gasteiger partial charge in [0.05, 0.1) is 7.11 Å². The number of benzene rings is 2. The maximum atomic E-state index is 9.46. The van der Waals surface area contributed by atoms with Crippen LogP contribution in [0.5, 0.6) is 28.7 Å². The van der Waals surface area contributed by atoms with E-state index in [0.29, 0.717) is 23.9 Å². The van der Waals surface area contributed by atoms with Crippen molar-refractivity contribution >= 4 is 0 Å². The molecule has 0 aromatic heterocycles. The smallest absolute Gasteiger partial charge is 0.177 e. The Labute approximate surface area is 148 Å². The van der Waals surface area contributed by atoms with Crippen LogP contribution in [0, 0.1) is 6.07 Å². The molecule has 1 saturated heterocycles. The molecular weight excluding hydrogens is 318 g/mol. The molecule has 2 aromatic rings. The molecule has 0 unspecified atom stereocenters. The number of phenols is 1. The van der Waals surface area contributed by atoms with Crippen LogP contribution < -0.4 is 14.2 Å². The SMILES string of the molecule is COc1cc(O)c[c]c1Oc1ccc(OCCN2CCCCC2)cc1. The summed E-state index contributed by atoms with van der Waals surface area (Å²) in [5, 5.41) is 9.46. The zero-order chi connectivity index (χ0) is 17.5. The molecule has 5 heteroatoms. The summed E-state index contributed by atoms with van der Waals surface area (Å²) in [5.41, 5.74) is 0. The lowest BCUT2D eigenvalue weighted by molar-refractivity contribution is 0.183. The molecule has 0 bridgehead atoms. The molecule has 3 rings (SSSR count). The van der Waals surface area contributed by atoms with E-state index in [1.165, 1.54) is 51.6 Å². The van der Waals surface area contributed by atoms with Gasteiger partial charge in [-0.2, -0.15) is 0 Å². The van der Waals surface area contributed by atoms with Crippen LogP contribution in [-0.2, 0) is 0 Å². The number of nitrogens with zero attached hydrogens (tertiary/aromatic N) is 1. The molecule has 5 nitrogen and oxygen atoms in total. The fourth-order valence-corrected chi connectivity index (χ4v) is 2.88. The molecule has 0 atom stereocenters. The third-order valence-electron chi connectivity index (χ3n) is 4.24. The highest BCUT2D eigenvalue weighted by molar-refractivity contribution is 5.46. The van der Waals surface area contributed by atoms with Gasteiger partial charge in [0, 0.05) is 18.7 Å². The van der Waals surface area contributed by atoms with E-state index in [1.54, 1.807) is 0 Å². The standard InChI is InChI=1S/C20H24NO4/c1-23-20-15-16(22)5-10-19(20)25-18-8-6-17(7-9-18)24-14-13-21-11-3-2-4-12-21/h5-9,15,22H,2-4,11-14H2,1H3. The molecule has 1 N–H and O–H groups in total. The van der Waals surface area contributed by atoms with Crippen LogP contribution >= 0.6 is 0 Å². The Hall–Kier alpha value is -2.40. The van der Waals surface area contributed by atoms with Crippen LogP contribution in [0.4, 0.5) is 0 Å². The Morgan fingerprint density at radius 1 is 1.08 bits per heavy atom. The second-order valence-electron chi connectivity index (χ2n) is 6.08. The molecule has 0 spiro atoms. The molecule has 0 aliphatic carbocycles. The van der Waals surface area contributed by atoms with Crippen molar-refractivity contribution in [3.63, 3.8) is 0 Å². The van der Waals surface area contributed by atoms with Gasteiger partial charge < -0.3 is 19.3 Å². The number of piperidine rings is 1. The van der Waals surface area contributed by atoms with E-state index in [2.05, 4.69) is 11.0 Å². The van der Waals surface area contributed by atoms with E-state index in [9.17, 15) is 5.11 Å². The van der Waals surface area contributed by atoms with Crippen LogP contribution in [0.2, 0.25) is 0 Å². The Kier molecular flexibility index (Phi) is 6.01. The monoisotopic (exact) mass is 342 g/mol. The maximum Gasteiger partial charge on any atom is 0.177 e. The molecule has 133 valence electrons. The highest BCUT2D eigenvalue weighted by Gasteiger charge is 2.10. The molecule has 1 fully saturated rings. The predicted octanol–water partition coefficient (Wildman–Crippen LogP) is 3.86. The maximum absolute atomic E-state index is 9.46. The lowest BCUT2D eigenvalue weighted by Gasteiger charge is -2.26. The first-order valence-corrected chi connectivity index (χ1v) is 8.66. The van der Waals surface area contributed by atoms with E-state index < -0.39 is 0 Å². The van der Waals surface area contributed by atoms with Gasteiger partial charge in [-0.1, -0.05) is 6.42 Å². The molecule has 25 heavy (non-hydrogen) atoms. The normalized spacial score (nSPS) is 14.9. The second-order valence-corrected chi connectivity index (χ2v) is 6.08. The fourth-order valence-electron chi connectivity index (χ4n) is 2.88. The fraction of sp³-hybridized carbons (Fsp3) is 0.400. The molecule has 1 heterocycles. The topological polar surface area (TPSA) is 51.2 Å². The average Bonchev–Trinajstić information content (AvgIpc) is 2.65. The number of ether oxygens (including phenoxy) is 3. The van der Waals surface area contributed by atoms with Gasteiger partial charge in [-0.15, -0.1) is 0 Å². The van der Waals surface area contributed by atoms with Gasteiger partial charge in [0.25, 0.3) is 0 Å². The van der Waals surface area contributed by atoms with Gasteiger partial charge in [-0.25, -0.2) is 0 Å². The van der Waals surface area contributed by atoms with Crippen molar-refractivity contribution in [2.24, 2.45) is 0 Å². The van der Waals surface area contributed by atoms with Gasteiger partial charge >= 0.3 is 0 Å². The summed E-state index contributed by atoms with van der Waals surface area (Å²) >= 11 is 0. The van der Waals surface area contributed by atoms with Crippen LogP contribution in [0.1, 0.15) is 19.3 Å². The summed E-state index contributed by atoms with van der Waals surface area (Å²) < 4.78 is 16.8. The number of rotatable bonds is 7. The molecule has 1 aliphatic heterocycles. The second kappa shape index (κ2) is 8.62. The number of aromatic hydroxyl groups is 1. The molecular formula is C20H24NO4. The Morgan fingerprint density at radius 3 is 2.52 bits per heavy atom.